The van der Waals surface area contributed by atoms with E-state index in [0.717, 1.165) is 6.54 Å². The summed E-state index contributed by atoms with van der Waals surface area (Å²) in [5.41, 5.74) is 0. The summed E-state index contributed by atoms with van der Waals surface area (Å²) in [6.45, 7) is 3.45. The van der Waals surface area contributed by atoms with Gasteiger partial charge in [0.05, 0.1) is 6.04 Å². The van der Waals surface area contributed by atoms with E-state index < -0.39 is 0 Å². The first-order valence-corrected chi connectivity index (χ1v) is 3.72. The van der Waals surface area contributed by atoms with Gasteiger partial charge in [-0.2, -0.15) is 0 Å². The number of rotatable bonds is 3. The third-order valence-corrected chi connectivity index (χ3v) is 1.94. The summed E-state index contributed by atoms with van der Waals surface area (Å²) >= 11 is 0. The van der Waals surface area contributed by atoms with Crippen molar-refractivity contribution in [2.45, 2.75) is 12.5 Å². The van der Waals surface area contributed by atoms with Gasteiger partial charge in [0, 0.05) is 6.54 Å². The number of nitrogens with one attached hydrogen (secondary N) is 1. The third-order valence-electron chi connectivity index (χ3n) is 1.94. The van der Waals surface area contributed by atoms with Crippen LogP contribution in [-0.2, 0) is 0 Å². The summed E-state index contributed by atoms with van der Waals surface area (Å²) in [4.78, 5) is 2.36. The average Bonchev–Trinajstić information content (AvgIpc) is 1.87. The number of likely N-dealkylation sites (tertiary alicyclic amines) is 1. The summed E-state index contributed by atoms with van der Waals surface area (Å²) in [5.74, 6) is 2.70. The lowest BCUT2D eigenvalue weighted by Gasteiger charge is -2.32. The van der Waals surface area contributed by atoms with E-state index in [0.29, 0.717) is 0 Å². The predicted molar refractivity (Wildman–Crippen MR) is 42.7 cm³/mol. The number of hydrogen-bond donors (Lipinski definition) is 1. The van der Waals surface area contributed by atoms with Crippen LogP contribution in [0.25, 0.3) is 0 Å². The Bertz CT molecular complexity index is 133. The molecule has 0 aromatic rings. The van der Waals surface area contributed by atoms with Crippen molar-refractivity contribution in [2.24, 2.45) is 0 Å². The van der Waals surface area contributed by atoms with E-state index in [4.69, 9.17) is 6.42 Å². The SMILES string of the molecule is C#CC(CN1CCC1)NC. The third kappa shape index (κ3) is 1.73. The second-order valence-corrected chi connectivity index (χ2v) is 2.66. The van der Waals surface area contributed by atoms with Crippen molar-refractivity contribution < 1.29 is 0 Å². The fourth-order valence-electron chi connectivity index (χ4n) is 1.05. The Labute approximate surface area is 62.6 Å². The Balaban J connectivity index is 2.15. The maximum Gasteiger partial charge on any atom is 0.0813 e. The van der Waals surface area contributed by atoms with Gasteiger partial charge in [-0.3, -0.25) is 0 Å². The second-order valence-electron chi connectivity index (χ2n) is 2.66. The minimum atomic E-state index is 0.236. The van der Waals surface area contributed by atoms with Crippen LogP contribution >= 0.6 is 0 Å². The molecule has 1 rings (SSSR count). The lowest BCUT2D eigenvalue weighted by atomic mass is 10.2. The zero-order valence-electron chi connectivity index (χ0n) is 6.43. The molecule has 0 radical (unpaired) electrons. The summed E-state index contributed by atoms with van der Waals surface area (Å²) in [7, 11) is 1.91. The molecule has 2 nitrogen and oxygen atoms in total. The highest BCUT2D eigenvalue weighted by Crippen LogP contribution is 2.05. The van der Waals surface area contributed by atoms with Gasteiger partial charge in [0.15, 0.2) is 0 Å². The van der Waals surface area contributed by atoms with Gasteiger partial charge < -0.3 is 10.2 Å². The van der Waals surface area contributed by atoms with Crippen molar-refractivity contribution in [1.29, 1.82) is 0 Å². The van der Waals surface area contributed by atoms with Crippen molar-refractivity contribution in [3.63, 3.8) is 0 Å². The van der Waals surface area contributed by atoms with Gasteiger partial charge in [-0.05, 0) is 26.6 Å². The molecule has 0 aromatic carbocycles. The van der Waals surface area contributed by atoms with E-state index in [1.54, 1.807) is 0 Å². The molecule has 1 atom stereocenters. The predicted octanol–water partition coefficient (Wildman–Crippen LogP) is -0.0867. The van der Waals surface area contributed by atoms with E-state index in [9.17, 15) is 0 Å². The molecule has 2 heteroatoms. The quantitative estimate of drug-likeness (QED) is 0.548. The molecule has 1 heterocycles. The minimum absolute atomic E-state index is 0.236. The summed E-state index contributed by atoms with van der Waals surface area (Å²) in [6, 6.07) is 0.236. The number of likely N-dealkylation sites (N-methyl/N-ethyl adjacent to an activating group) is 1. The smallest absolute Gasteiger partial charge is 0.0813 e. The van der Waals surface area contributed by atoms with E-state index in [-0.39, 0.29) is 6.04 Å². The van der Waals surface area contributed by atoms with Crippen LogP contribution in [0.1, 0.15) is 6.42 Å². The lowest BCUT2D eigenvalue weighted by molar-refractivity contribution is 0.174. The summed E-state index contributed by atoms with van der Waals surface area (Å²) in [6.07, 6.45) is 6.61. The first-order valence-electron chi connectivity index (χ1n) is 3.72. The molecule has 0 saturated carbocycles. The highest BCUT2D eigenvalue weighted by molar-refractivity contribution is 5.00. The van der Waals surface area contributed by atoms with Gasteiger partial charge in [-0.1, -0.05) is 5.92 Å². The van der Waals surface area contributed by atoms with Crippen LogP contribution in [0.15, 0.2) is 0 Å². The van der Waals surface area contributed by atoms with E-state index in [1.807, 2.05) is 7.05 Å². The molecule has 1 N–H and O–H groups in total. The molecule has 1 aliphatic heterocycles. The fraction of sp³-hybridized carbons (Fsp3) is 0.750. The van der Waals surface area contributed by atoms with Crippen LogP contribution in [-0.4, -0.2) is 37.6 Å². The maximum atomic E-state index is 5.27. The summed E-state index contributed by atoms with van der Waals surface area (Å²) < 4.78 is 0. The monoisotopic (exact) mass is 138 g/mol. The molecule has 0 spiro atoms. The van der Waals surface area contributed by atoms with Gasteiger partial charge in [0.25, 0.3) is 0 Å². The van der Waals surface area contributed by atoms with Crippen LogP contribution in [0, 0.1) is 12.3 Å². The Morgan fingerprint density at radius 1 is 1.70 bits per heavy atom. The molecule has 1 aliphatic rings. The van der Waals surface area contributed by atoms with Crippen LogP contribution < -0.4 is 5.32 Å². The number of hydrogen-bond acceptors (Lipinski definition) is 2. The molecule has 56 valence electrons. The molecule has 0 aliphatic carbocycles. The summed E-state index contributed by atoms with van der Waals surface area (Å²) in [5, 5.41) is 3.07. The Kier molecular flexibility index (Phi) is 2.73. The highest BCUT2D eigenvalue weighted by Gasteiger charge is 2.16. The van der Waals surface area contributed by atoms with Gasteiger partial charge in [0.1, 0.15) is 0 Å². The molecule has 10 heavy (non-hydrogen) atoms. The first kappa shape index (κ1) is 7.59. The Morgan fingerprint density at radius 3 is 2.70 bits per heavy atom. The lowest BCUT2D eigenvalue weighted by Crippen LogP contribution is -2.45. The second kappa shape index (κ2) is 3.60. The fourth-order valence-corrected chi connectivity index (χ4v) is 1.05. The van der Waals surface area contributed by atoms with Crippen LogP contribution in [0.2, 0.25) is 0 Å². The molecule has 0 aromatic heterocycles. The van der Waals surface area contributed by atoms with Crippen molar-refractivity contribution in [2.75, 3.05) is 26.7 Å². The zero-order valence-corrected chi connectivity index (χ0v) is 6.43. The first-order chi connectivity index (χ1) is 4.86. The standard InChI is InChI=1S/C8H14N2/c1-3-8(9-2)7-10-5-4-6-10/h1,8-9H,4-7H2,2H3. The van der Waals surface area contributed by atoms with Gasteiger partial charge in [0.2, 0.25) is 0 Å². The van der Waals surface area contributed by atoms with E-state index >= 15 is 0 Å². The van der Waals surface area contributed by atoms with E-state index in [1.165, 1.54) is 19.5 Å². The van der Waals surface area contributed by atoms with E-state index in [2.05, 4.69) is 16.1 Å². The van der Waals surface area contributed by atoms with Crippen LogP contribution in [0.3, 0.4) is 0 Å². The minimum Gasteiger partial charge on any atom is -0.306 e. The zero-order chi connectivity index (χ0) is 7.40. The van der Waals surface area contributed by atoms with Crippen LogP contribution in [0.4, 0.5) is 0 Å². The largest absolute Gasteiger partial charge is 0.306 e. The molecule has 0 bridgehead atoms. The molecule has 1 fully saturated rings. The Hall–Kier alpha value is -0.520. The van der Waals surface area contributed by atoms with Gasteiger partial charge in [-0.25, -0.2) is 0 Å². The molecule has 1 unspecified atom stereocenters. The molecule has 1 saturated heterocycles. The van der Waals surface area contributed by atoms with Crippen molar-refractivity contribution >= 4 is 0 Å². The number of nitrogens with zero attached hydrogens (tertiary/aromatic N) is 1. The molecular weight excluding hydrogens is 124 g/mol. The van der Waals surface area contributed by atoms with Gasteiger partial charge in [-0.15, -0.1) is 6.42 Å². The number of terminal acetylenes is 1. The van der Waals surface area contributed by atoms with Gasteiger partial charge >= 0.3 is 0 Å². The maximum absolute atomic E-state index is 5.27. The average molecular weight is 138 g/mol. The van der Waals surface area contributed by atoms with Crippen LogP contribution in [0.5, 0.6) is 0 Å². The molecule has 0 amide bonds. The Morgan fingerprint density at radius 2 is 2.40 bits per heavy atom. The normalized spacial score (nSPS) is 21.2. The highest BCUT2D eigenvalue weighted by atomic mass is 15.2. The topological polar surface area (TPSA) is 15.3 Å². The van der Waals surface area contributed by atoms with Crippen molar-refractivity contribution in [1.82, 2.24) is 10.2 Å². The van der Waals surface area contributed by atoms with Crippen molar-refractivity contribution in [3.8, 4) is 12.3 Å². The molecular formula is C8H14N2. The van der Waals surface area contributed by atoms with Crippen molar-refractivity contribution in [3.05, 3.63) is 0 Å².